The number of carbonyl (C=O) groups excluding carboxylic acids is 1. The first-order chi connectivity index (χ1) is 9.31. The molecule has 0 unspecified atom stereocenters. The molecule has 0 aliphatic carbocycles. The Bertz CT molecular complexity index is 199. The Morgan fingerprint density at radius 2 is 1.47 bits per heavy atom. The Balaban J connectivity index is 3.10. The lowest BCUT2D eigenvalue weighted by atomic mass is 10.1. The summed E-state index contributed by atoms with van der Waals surface area (Å²) in [5.41, 5.74) is 0. The molecule has 3 N–H and O–H groups in total. The Morgan fingerprint density at radius 1 is 0.895 bits per heavy atom. The summed E-state index contributed by atoms with van der Waals surface area (Å²) < 4.78 is 0. The van der Waals surface area contributed by atoms with Gasteiger partial charge in [0.2, 0.25) is 5.91 Å². The van der Waals surface area contributed by atoms with E-state index in [1.165, 1.54) is 44.9 Å². The van der Waals surface area contributed by atoms with Crippen LogP contribution in [-0.4, -0.2) is 30.8 Å². The first-order valence-electron chi connectivity index (χ1n) is 7.89. The molecule has 0 atom stereocenters. The Morgan fingerprint density at radius 3 is 2.05 bits per heavy atom. The van der Waals surface area contributed by atoms with E-state index in [1.807, 2.05) is 0 Å². The van der Waals surface area contributed by atoms with Crippen LogP contribution in [0.5, 0.6) is 0 Å². The van der Waals surface area contributed by atoms with Gasteiger partial charge in [-0.2, -0.15) is 0 Å². The van der Waals surface area contributed by atoms with E-state index >= 15 is 0 Å². The normalized spacial score (nSPS) is 10.6. The SMILES string of the molecule is CCCCCCCCCCCC(=O)NCCNCO. The average Bonchev–Trinajstić information content (AvgIpc) is 2.42. The number of carbonyl (C=O) groups is 1. The number of rotatable bonds is 14. The van der Waals surface area contributed by atoms with Crippen LogP contribution in [0.2, 0.25) is 0 Å². The zero-order chi connectivity index (χ0) is 14.2. The van der Waals surface area contributed by atoms with Crippen molar-refractivity contribution >= 4 is 5.91 Å². The molecule has 114 valence electrons. The molecular formula is C15H32N2O2. The van der Waals surface area contributed by atoms with Gasteiger partial charge in [-0.15, -0.1) is 0 Å². The molecule has 0 radical (unpaired) electrons. The predicted octanol–water partition coefficient (Wildman–Crippen LogP) is 2.56. The monoisotopic (exact) mass is 272 g/mol. The van der Waals surface area contributed by atoms with Gasteiger partial charge in [0.05, 0.1) is 6.73 Å². The van der Waals surface area contributed by atoms with Crippen LogP contribution >= 0.6 is 0 Å². The van der Waals surface area contributed by atoms with Crippen molar-refractivity contribution in [3.05, 3.63) is 0 Å². The number of aliphatic hydroxyl groups excluding tert-OH is 1. The zero-order valence-corrected chi connectivity index (χ0v) is 12.5. The van der Waals surface area contributed by atoms with Crippen LogP contribution in [0.4, 0.5) is 0 Å². The van der Waals surface area contributed by atoms with Gasteiger partial charge in [0.15, 0.2) is 0 Å². The highest BCUT2D eigenvalue weighted by atomic mass is 16.3. The molecule has 0 rings (SSSR count). The standard InChI is InChI=1S/C15H32N2O2/c1-2-3-4-5-6-7-8-9-10-11-15(19)17-13-12-16-14-18/h16,18H,2-14H2,1H3,(H,17,19). The van der Waals surface area contributed by atoms with Crippen LogP contribution in [0.25, 0.3) is 0 Å². The lowest BCUT2D eigenvalue weighted by Gasteiger charge is -2.05. The Hall–Kier alpha value is -0.610. The number of hydrogen-bond acceptors (Lipinski definition) is 3. The molecule has 0 aliphatic heterocycles. The van der Waals surface area contributed by atoms with Crippen LogP contribution in [-0.2, 0) is 4.79 Å². The highest BCUT2D eigenvalue weighted by Gasteiger charge is 1.99. The minimum absolute atomic E-state index is 0.0336. The van der Waals surface area contributed by atoms with Crippen LogP contribution in [0.15, 0.2) is 0 Å². The minimum Gasteiger partial charge on any atom is -0.381 e. The topological polar surface area (TPSA) is 61.4 Å². The van der Waals surface area contributed by atoms with Gasteiger partial charge in [0.1, 0.15) is 0 Å². The summed E-state index contributed by atoms with van der Waals surface area (Å²) in [6.45, 7) is 3.43. The minimum atomic E-state index is -0.0336. The van der Waals surface area contributed by atoms with Crippen molar-refractivity contribution in [1.82, 2.24) is 10.6 Å². The van der Waals surface area contributed by atoms with Crippen molar-refractivity contribution in [3.63, 3.8) is 0 Å². The fourth-order valence-electron chi connectivity index (χ4n) is 2.05. The molecule has 0 saturated carbocycles. The van der Waals surface area contributed by atoms with Gasteiger partial charge < -0.3 is 10.4 Å². The zero-order valence-electron chi connectivity index (χ0n) is 12.5. The van der Waals surface area contributed by atoms with Gasteiger partial charge in [0.25, 0.3) is 0 Å². The van der Waals surface area contributed by atoms with Crippen molar-refractivity contribution in [1.29, 1.82) is 0 Å². The second-order valence-corrected chi connectivity index (χ2v) is 5.09. The third kappa shape index (κ3) is 15.3. The third-order valence-corrected chi connectivity index (χ3v) is 3.24. The van der Waals surface area contributed by atoms with E-state index in [1.54, 1.807) is 0 Å². The quantitative estimate of drug-likeness (QED) is 0.336. The molecule has 0 aliphatic rings. The number of aliphatic hydroxyl groups is 1. The van der Waals surface area contributed by atoms with Crippen molar-refractivity contribution in [3.8, 4) is 0 Å². The number of hydrogen-bond donors (Lipinski definition) is 3. The molecule has 0 saturated heterocycles. The average molecular weight is 272 g/mol. The van der Waals surface area contributed by atoms with E-state index in [0.717, 1.165) is 12.8 Å². The maximum Gasteiger partial charge on any atom is 0.220 e. The van der Waals surface area contributed by atoms with Crippen molar-refractivity contribution in [2.24, 2.45) is 0 Å². The molecule has 0 fully saturated rings. The largest absolute Gasteiger partial charge is 0.381 e. The molecular weight excluding hydrogens is 240 g/mol. The van der Waals surface area contributed by atoms with Crippen LogP contribution in [0.3, 0.4) is 0 Å². The molecule has 0 heterocycles. The fourth-order valence-corrected chi connectivity index (χ4v) is 2.05. The first kappa shape index (κ1) is 18.4. The van der Waals surface area contributed by atoms with E-state index in [-0.39, 0.29) is 12.6 Å². The molecule has 0 spiro atoms. The lowest BCUT2D eigenvalue weighted by molar-refractivity contribution is -0.121. The molecule has 19 heavy (non-hydrogen) atoms. The predicted molar refractivity (Wildman–Crippen MR) is 79.9 cm³/mol. The summed E-state index contributed by atoms with van der Waals surface area (Å²) in [4.78, 5) is 11.4. The third-order valence-electron chi connectivity index (χ3n) is 3.24. The maximum atomic E-state index is 11.4. The summed E-state index contributed by atoms with van der Waals surface area (Å²) in [7, 11) is 0. The number of nitrogens with one attached hydrogen (secondary N) is 2. The van der Waals surface area contributed by atoms with Crippen LogP contribution < -0.4 is 10.6 Å². The van der Waals surface area contributed by atoms with Crippen molar-refractivity contribution in [2.45, 2.75) is 71.1 Å². The van der Waals surface area contributed by atoms with E-state index in [0.29, 0.717) is 19.5 Å². The number of amides is 1. The summed E-state index contributed by atoms with van der Waals surface area (Å²) in [5.74, 6) is 0.127. The summed E-state index contributed by atoms with van der Waals surface area (Å²) in [5, 5.41) is 14.1. The Labute approximate surface area is 118 Å². The van der Waals surface area contributed by atoms with Crippen LogP contribution in [0.1, 0.15) is 71.1 Å². The summed E-state index contributed by atoms with van der Waals surface area (Å²) in [6, 6.07) is 0. The molecule has 4 nitrogen and oxygen atoms in total. The smallest absolute Gasteiger partial charge is 0.220 e. The molecule has 0 bridgehead atoms. The highest BCUT2D eigenvalue weighted by molar-refractivity contribution is 5.75. The van der Waals surface area contributed by atoms with Gasteiger partial charge >= 0.3 is 0 Å². The maximum absolute atomic E-state index is 11.4. The molecule has 4 heteroatoms. The van der Waals surface area contributed by atoms with E-state index in [4.69, 9.17) is 5.11 Å². The molecule has 0 aromatic heterocycles. The van der Waals surface area contributed by atoms with Gasteiger partial charge in [-0.3, -0.25) is 10.1 Å². The molecule has 0 aromatic carbocycles. The number of unbranched alkanes of at least 4 members (excludes halogenated alkanes) is 8. The van der Waals surface area contributed by atoms with Gasteiger partial charge in [-0.25, -0.2) is 0 Å². The second-order valence-electron chi connectivity index (χ2n) is 5.09. The lowest BCUT2D eigenvalue weighted by Crippen LogP contribution is -2.31. The first-order valence-corrected chi connectivity index (χ1v) is 7.89. The fraction of sp³-hybridized carbons (Fsp3) is 0.933. The van der Waals surface area contributed by atoms with E-state index in [2.05, 4.69) is 17.6 Å². The summed E-state index contributed by atoms with van der Waals surface area (Å²) >= 11 is 0. The van der Waals surface area contributed by atoms with Gasteiger partial charge in [-0.05, 0) is 6.42 Å². The highest BCUT2D eigenvalue weighted by Crippen LogP contribution is 2.10. The van der Waals surface area contributed by atoms with E-state index < -0.39 is 0 Å². The van der Waals surface area contributed by atoms with Gasteiger partial charge in [-0.1, -0.05) is 58.3 Å². The Kier molecular flexibility index (Phi) is 15.0. The van der Waals surface area contributed by atoms with E-state index in [9.17, 15) is 4.79 Å². The molecule has 1 amide bonds. The summed E-state index contributed by atoms with van der Waals surface area (Å²) in [6.07, 6.45) is 12.1. The second kappa shape index (κ2) is 15.4. The molecule has 0 aromatic rings. The van der Waals surface area contributed by atoms with Crippen molar-refractivity contribution in [2.75, 3.05) is 19.8 Å². The van der Waals surface area contributed by atoms with Gasteiger partial charge in [0, 0.05) is 19.5 Å². The van der Waals surface area contributed by atoms with Crippen LogP contribution in [0, 0.1) is 0 Å². The van der Waals surface area contributed by atoms with Crippen molar-refractivity contribution < 1.29 is 9.90 Å².